The van der Waals surface area contributed by atoms with Gasteiger partial charge in [-0.25, -0.2) is 0 Å². The van der Waals surface area contributed by atoms with Gasteiger partial charge in [-0.15, -0.1) is 0 Å². The van der Waals surface area contributed by atoms with Gasteiger partial charge in [0.1, 0.15) is 0 Å². The molecule has 90 valence electrons. The minimum Gasteiger partial charge on any atom is -0.396 e. The van der Waals surface area contributed by atoms with Gasteiger partial charge in [-0.05, 0) is 55.9 Å². The second-order valence-electron chi connectivity index (χ2n) is 4.59. The predicted molar refractivity (Wildman–Crippen MR) is 70.0 cm³/mol. The highest BCUT2D eigenvalue weighted by Crippen LogP contribution is 2.20. The summed E-state index contributed by atoms with van der Waals surface area (Å²) in [4.78, 5) is 0. The molecule has 0 aliphatic heterocycles. The van der Waals surface area contributed by atoms with E-state index in [1.54, 1.807) is 0 Å². The van der Waals surface area contributed by atoms with Crippen LogP contribution in [-0.4, -0.2) is 18.3 Å². The molecule has 2 nitrogen and oxygen atoms in total. The van der Waals surface area contributed by atoms with Crippen molar-refractivity contribution >= 4 is 5.69 Å². The van der Waals surface area contributed by atoms with Gasteiger partial charge < -0.3 is 10.4 Å². The van der Waals surface area contributed by atoms with Gasteiger partial charge in [-0.2, -0.15) is 0 Å². The van der Waals surface area contributed by atoms with E-state index in [2.05, 4.69) is 45.1 Å². The van der Waals surface area contributed by atoms with Crippen molar-refractivity contribution in [3.05, 3.63) is 28.8 Å². The highest BCUT2D eigenvalue weighted by molar-refractivity contribution is 5.54. The average Bonchev–Trinajstić information content (AvgIpc) is 2.26. The summed E-state index contributed by atoms with van der Waals surface area (Å²) in [5.41, 5.74) is 5.10. The van der Waals surface area contributed by atoms with Crippen molar-refractivity contribution in [1.29, 1.82) is 0 Å². The molecule has 1 rings (SSSR count). The van der Waals surface area contributed by atoms with E-state index >= 15 is 0 Å². The highest BCUT2D eigenvalue weighted by atomic mass is 16.3. The maximum absolute atomic E-state index is 9.13. The molecule has 0 spiro atoms. The number of rotatable bonds is 5. The lowest BCUT2D eigenvalue weighted by atomic mass is 10.0. The first-order chi connectivity index (χ1) is 7.58. The van der Waals surface area contributed by atoms with Crippen LogP contribution in [0.25, 0.3) is 0 Å². The summed E-state index contributed by atoms with van der Waals surface area (Å²) < 4.78 is 0. The van der Waals surface area contributed by atoms with Crippen LogP contribution in [0.4, 0.5) is 5.69 Å². The molecule has 0 aliphatic carbocycles. The van der Waals surface area contributed by atoms with Crippen molar-refractivity contribution in [3.63, 3.8) is 0 Å². The third kappa shape index (κ3) is 3.24. The van der Waals surface area contributed by atoms with Crippen molar-refractivity contribution in [3.8, 4) is 0 Å². The van der Waals surface area contributed by atoms with Crippen LogP contribution in [0.3, 0.4) is 0 Å². The van der Waals surface area contributed by atoms with Gasteiger partial charge in [-0.3, -0.25) is 0 Å². The molecule has 0 bridgehead atoms. The van der Waals surface area contributed by atoms with Crippen LogP contribution in [0.5, 0.6) is 0 Å². The molecular weight excluding hydrogens is 198 g/mol. The van der Waals surface area contributed by atoms with Crippen molar-refractivity contribution in [2.45, 2.75) is 34.1 Å². The van der Waals surface area contributed by atoms with Crippen LogP contribution in [0.15, 0.2) is 12.1 Å². The largest absolute Gasteiger partial charge is 0.396 e. The van der Waals surface area contributed by atoms with E-state index in [1.165, 1.54) is 22.4 Å². The molecule has 1 unspecified atom stereocenters. The predicted octanol–water partition coefficient (Wildman–Crippen LogP) is 3.04. The average molecular weight is 221 g/mol. The summed E-state index contributed by atoms with van der Waals surface area (Å²) in [6, 6.07) is 4.40. The number of benzene rings is 1. The maximum Gasteiger partial charge on any atom is 0.0475 e. The lowest BCUT2D eigenvalue weighted by molar-refractivity contribution is 0.230. The standard InChI is InChI=1S/C14H23NO/c1-5-13(9-16)8-15-14-7-11(3)10(2)6-12(14)4/h6-7,13,15-16H,5,8-9H2,1-4H3. The van der Waals surface area contributed by atoms with E-state index in [1.807, 2.05) is 0 Å². The fourth-order valence-corrected chi connectivity index (χ4v) is 1.74. The van der Waals surface area contributed by atoms with Crippen LogP contribution >= 0.6 is 0 Å². The quantitative estimate of drug-likeness (QED) is 0.801. The second kappa shape index (κ2) is 5.90. The first-order valence-corrected chi connectivity index (χ1v) is 6.01. The molecule has 0 fully saturated rings. The minimum absolute atomic E-state index is 0.257. The Kier molecular flexibility index (Phi) is 4.81. The molecule has 0 amide bonds. The van der Waals surface area contributed by atoms with Crippen molar-refractivity contribution in [2.24, 2.45) is 5.92 Å². The maximum atomic E-state index is 9.13. The van der Waals surface area contributed by atoms with Gasteiger partial charge in [0.2, 0.25) is 0 Å². The number of aryl methyl sites for hydroxylation is 3. The lowest BCUT2D eigenvalue weighted by Gasteiger charge is -2.16. The molecule has 2 N–H and O–H groups in total. The first-order valence-electron chi connectivity index (χ1n) is 6.01. The normalized spacial score (nSPS) is 12.6. The Balaban J connectivity index is 2.70. The molecule has 1 aromatic carbocycles. The number of nitrogens with one attached hydrogen (secondary N) is 1. The molecular formula is C14H23NO. The monoisotopic (exact) mass is 221 g/mol. The third-order valence-corrected chi connectivity index (χ3v) is 3.26. The summed E-state index contributed by atoms with van der Waals surface area (Å²) in [5, 5.41) is 12.6. The summed E-state index contributed by atoms with van der Waals surface area (Å²) >= 11 is 0. The fourth-order valence-electron chi connectivity index (χ4n) is 1.74. The molecule has 0 heterocycles. The van der Waals surface area contributed by atoms with Crippen LogP contribution < -0.4 is 5.32 Å². The zero-order valence-electron chi connectivity index (χ0n) is 10.8. The second-order valence-corrected chi connectivity index (χ2v) is 4.59. The Bertz CT molecular complexity index is 343. The van der Waals surface area contributed by atoms with Gasteiger partial charge in [0.05, 0.1) is 0 Å². The summed E-state index contributed by atoms with van der Waals surface area (Å²) in [5.74, 6) is 0.348. The van der Waals surface area contributed by atoms with E-state index in [0.29, 0.717) is 5.92 Å². The van der Waals surface area contributed by atoms with E-state index in [-0.39, 0.29) is 6.61 Å². The van der Waals surface area contributed by atoms with Crippen LogP contribution in [0.2, 0.25) is 0 Å². The third-order valence-electron chi connectivity index (χ3n) is 3.26. The number of anilines is 1. The van der Waals surface area contributed by atoms with Crippen LogP contribution in [0, 0.1) is 26.7 Å². The van der Waals surface area contributed by atoms with Gasteiger partial charge in [0, 0.05) is 18.8 Å². The molecule has 0 radical (unpaired) electrons. The summed E-state index contributed by atoms with van der Waals surface area (Å²) in [7, 11) is 0. The number of hydrogen-bond acceptors (Lipinski definition) is 2. The highest BCUT2D eigenvalue weighted by Gasteiger charge is 2.06. The van der Waals surface area contributed by atoms with Crippen LogP contribution in [0.1, 0.15) is 30.0 Å². The molecule has 0 aliphatic rings. The van der Waals surface area contributed by atoms with Gasteiger partial charge >= 0.3 is 0 Å². The van der Waals surface area contributed by atoms with Gasteiger partial charge in [0.25, 0.3) is 0 Å². The number of aliphatic hydroxyl groups excluding tert-OH is 1. The Morgan fingerprint density at radius 1 is 1.12 bits per heavy atom. The van der Waals surface area contributed by atoms with Crippen molar-refractivity contribution in [1.82, 2.24) is 0 Å². The Labute approximate surface area is 98.7 Å². The zero-order chi connectivity index (χ0) is 12.1. The minimum atomic E-state index is 0.257. The van der Waals surface area contributed by atoms with E-state index < -0.39 is 0 Å². The molecule has 0 aromatic heterocycles. The van der Waals surface area contributed by atoms with E-state index in [4.69, 9.17) is 5.11 Å². The Morgan fingerprint density at radius 3 is 2.31 bits per heavy atom. The topological polar surface area (TPSA) is 32.3 Å². The molecule has 1 aromatic rings. The molecule has 0 saturated heterocycles. The van der Waals surface area contributed by atoms with Gasteiger partial charge in [0.15, 0.2) is 0 Å². The number of aliphatic hydroxyl groups is 1. The Morgan fingerprint density at radius 2 is 1.75 bits per heavy atom. The summed E-state index contributed by atoms with van der Waals surface area (Å²) in [6.07, 6.45) is 1.01. The molecule has 2 heteroatoms. The first kappa shape index (κ1) is 13.0. The van der Waals surface area contributed by atoms with Crippen LogP contribution in [-0.2, 0) is 0 Å². The smallest absolute Gasteiger partial charge is 0.0475 e. The molecule has 1 atom stereocenters. The van der Waals surface area contributed by atoms with Gasteiger partial charge in [-0.1, -0.05) is 13.0 Å². The van der Waals surface area contributed by atoms with Crippen molar-refractivity contribution < 1.29 is 5.11 Å². The zero-order valence-corrected chi connectivity index (χ0v) is 10.8. The molecule has 16 heavy (non-hydrogen) atoms. The Hall–Kier alpha value is -1.02. The lowest BCUT2D eigenvalue weighted by Crippen LogP contribution is -2.17. The van der Waals surface area contributed by atoms with E-state index in [0.717, 1.165) is 13.0 Å². The SMILES string of the molecule is CCC(CO)CNc1cc(C)c(C)cc1C. The van der Waals surface area contributed by atoms with E-state index in [9.17, 15) is 0 Å². The summed E-state index contributed by atoms with van der Waals surface area (Å²) in [6.45, 7) is 9.59. The van der Waals surface area contributed by atoms with Crippen molar-refractivity contribution in [2.75, 3.05) is 18.5 Å². The number of hydrogen-bond donors (Lipinski definition) is 2. The fraction of sp³-hybridized carbons (Fsp3) is 0.571. The molecule has 0 saturated carbocycles.